The third-order valence-corrected chi connectivity index (χ3v) is 6.12. The fourth-order valence-corrected chi connectivity index (χ4v) is 4.81. The maximum atomic E-state index is 6.68. The molecular formula is C25H30OSiSn. The normalized spacial score (nSPS) is 11.6. The SMILES string of the molecule is C=CCC(O[Si](c1ccccc1)c1ccccc1)c1ccccc1.[CH3][Sn]([CH3])[CH3]. The van der Waals surface area contributed by atoms with E-state index >= 15 is 0 Å². The number of hydrogen-bond donors (Lipinski definition) is 0. The van der Waals surface area contributed by atoms with Crippen molar-refractivity contribution >= 4 is 39.2 Å². The molecule has 28 heavy (non-hydrogen) atoms. The fourth-order valence-electron chi connectivity index (χ4n) is 2.70. The van der Waals surface area contributed by atoms with Crippen molar-refractivity contribution < 1.29 is 4.43 Å². The first-order chi connectivity index (χ1) is 13.6. The molecule has 0 bridgehead atoms. The van der Waals surface area contributed by atoms with Crippen molar-refractivity contribution in [2.45, 2.75) is 27.3 Å². The molecule has 0 saturated carbocycles. The van der Waals surface area contributed by atoms with Crippen LogP contribution in [0.3, 0.4) is 0 Å². The van der Waals surface area contributed by atoms with E-state index in [2.05, 4.69) is 94.2 Å². The van der Waals surface area contributed by atoms with Crippen LogP contribution in [0.5, 0.6) is 0 Å². The van der Waals surface area contributed by atoms with E-state index in [1.807, 2.05) is 24.3 Å². The van der Waals surface area contributed by atoms with Crippen LogP contribution >= 0.6 is 0 Å². The van der Waals surface area contributed by atoms with Crippen LogP contribution in [0.15, 0.2) is 104 Å². The molecule has 0 aliphatic rings. The summed E-state index contributed by atoms with van der Waals surface area (Å²) < 4.78 is 6.68. The Morgan fingerprint density at radius 2 is 1.18 bits per heavy atom. The van der Waals surface area contributed by atoms with Crippen molar-refractivity contribution in [3.8, 4) is 0 Å². The fraction of sp³-hybridized carbons (Fsp3) is 0.200. The number of benzene rings is 3. The number of hydrogen-bond acceptors (Lipinski definition) is 1. The van der Waals surface area contributed by atoms with Crippen LogP contribution in [0.2, 0.25) is 14.8 Å². The predicted octanol–water partition coefficient (Wildman–Crippen LogP) is 5.50. The Hall–Kier alpha value is -1.62. The van der Waals surface area contributed by atoms with Crippen LogP contribution in [0, 0.1) is 0 Å². The third kappa shape index (κ3) is 7.78. The van der Waals surface area contributed by atoms with Crippen molar-refractivity contribution in [1.82, 2.24) is 0 Å². The average Bonchev–Trinajstić information content (AvgIpc) is 2.72. The van der Waals surface area contributed by atoms with Crippen molar-refractivity contribution in [2.75, 3.05) is 0 Å². The van der Waals surface area contributed by atoms with Gasteiger partial charge in [0.05, 0.1) is 6.10 Å². The van der Waals surface area contributed by atoms with Gasteiger partial charge < -0.3 is 4.43 Å². The zero-order valence-electron chi connectivity index (χ0n) is 17.1. The molecule has 3 aromatic rings. The van der Waals surface area contributed by atoms with E-state index in [0.29, 0.717) is 0 Å². The molecule has 2 radical (unpaired) electrons. The summed E-state index contributed by atoms with van der Waals surface area (Å²) in [7, 11) is -1.32. The van der Waals surface area contributed by atoms with Gasteiger partial charge in [-0.3, -0.25) is 0 Å². The quantitative estimate of drug-likeness (QED) is 0.312. The van der Waals surface area contributed by atoms with Gasteiger partial charge in [0.1, 0.15) is 0 Å². The Kier molecular flexibility index (Phi) is 10.3. The summed E-state index contributed by atoms with van der Waals surface area (Å²) in [4.78, 5) is 7.09. The second-order valence-electron chi connectivity index (χ2n) is 7.10. The van der Waals surface area contributed by atoms with Crippen LogP contribution in [-0.2, 0) is 4.43 Å². The summed E-state index contributed by atoms with van der Waals surface area (Å²) in [6, 6.07) is 31.5. The molecule has 0 N–H and O–H groups in total. The molecule has 0 saturated heterocycles. The summed E-state index contributed by atoms with van der Waals surface area (Å²) in [5.41, 5.74) is 1.20. The summed E-state index contributed by atoms with van der Waals surface area (Å²) in [6.07, 6.45) is 2.77. The zero-order chi connectivity index (χ0) is 20.2. The molecule has 1 unspecified atom stereocenters. The first-order valence-corrected chi connectivity index (χ1v) is 19.7. The second kappa shape index (κ2) is 12.8. The van der Waals surface area contributed by atoms with Gasteiger partial charge in [0, 0.05) is 0 Å². The summed E-state index contributed by atoms with van der Waals surface area (Å²) in [5, 5.41) is 2.53. The van der Waals surface area contributed by atoms with E-state index in [0.717, 1.165) is 6.42 Å². The molecule has 0 fully saturated rings. The van der Waals surface area contributed by atoms with Gasteiger partial charge in [0.15, 0.2) is 0 Å². The molecule has 3 aromatic carbocycles. The molecule has 144 valence electrons. The van der Waals surface area contributed by atoms with E-state index in [-0.39, 0.29) is 6.10 Å². The minimum absolute atomic E-state index is 0.0259. The Balaban J connectivity index is 0.000000640. The standard InChI is InChI=1S/C22H21OSi.3CH3.Sn/c1-2-12-22(19-13-6-3-7-14-19)23-24(20-15-8-4-9-16-20)21-17-10-5-11-18-21;;;;/h2-11,13-18,22H,1,12H2;3*1H3;. The van der Waals surface area contributed by atoms with E-state index in [9.17, 15) is 0 Å². The van der Waals surface area contributed by atoms with Gasteiger partial charge >= 0.3 is 34.6 Å². The molecule has 1 nitrogen and oxygen atoms in total. The molecule has 0 spiro atoms. The molecule has 3 heteroatoms. The Labute approximate surface area is 179 Å². The Morgan fingerprint density at radius 1 is 0.786 bits per heavy atom. The van der Waals surface area contributed by atoms with Crippen LogP contribution in [0.25, 0.3) is 0 Å². The molecule has 0 aliphatic carbocycles. The van der Waals surface area contributed by atoms with Crippen molar-refractivity contribution in [2.24, 2.45) is 0 Å². The first kappa shape index (κ1) is 22.7. The van der Waals surface area contributed by atoms with Crippen LogP contribution in [0.1, 0.15) is 18.1 Å². The first-order valence-electron chi connectivity index (χ1n) is 9.69. The molecule has 1 atom stereocenters. The van der Waals surface area contributed by atoms with E-state index in [4.69, 9.17) is 4.43 Å². The van der Waals surface area contributed by atoms with Gasteiger partial charge in [-0.2, -0.15) is 0 Å². The predicted molar refractivity (Wildman–Crippen MR) is 126 cm³/mol. The van der Waals surface area contributed by atoms with Crippen LogP contribution in [0.4, 0.5) is 0 Å². The van der Waals surface area contributed by atoms with Crippen molar-refractivity contribution in [1.29, 1.82) is 0 Å². The summed E-state index contributed by atoms with van der Waals surface area (Å²) in [5.74, 6) is 0. The van der Waals surface area contributed by atoms with Gasteiger partial charge in [0.25, 0.3) is 9.04 Å². The molecule has 3 rings (SSSR count). The Bertz CT molecular complexity index is 748. The van der Waals surface area contributed by atoms with Crippen LogP contribution in [-0.4, -0.2) is 28.8 Å². The molecule has 0 heterocycles. The summed E-state index contributed by atoms with van der Waals surface area (Å²) in [6.45, 7) is 3.91. The average molecular weight is 493 g/mol. The van der Waals surface area contributed by atoms with Crippen molar-refractivity contribution in [3.63, 3.8) is 0 Å². The minimum atomic E-state index is -1.32. The molecule has 0 aliphatic heterocycles. The van der Waals surface area contributed by atoms with Crippen molar-refractivity contribution in [3.05, 3.63) is 109 Å². The third-order valence-electron chi connectivity index (χ3n) is 3.88. The zero-order valence-corrected chi connectivity index (χ0v) is 21.0. The van der Waals surface area contributed by atoms with Gasteiger partial charge in [0.2, 0.25) is 0 Å². The van der Waals surface area contributed by atoms with E-state index < -0.39 is 28.8 Å². The monoisotopic (exact) mass is 494 g/mol. The van der Waals surface area contributed by atoms with E-state index in [1.165, 1.54) is 15.9 Å². The van der Waals surface area contributed by atoms with Gasteiger partial charge in [-0.25, -0.2) is 0 Å². The summed E-state index contributed by atoms with van der Waals surface area (Å²) >= 11 is -0.543. The Morgan fingerprint density at radius 3 is 1.57 bits per heavy atom. The van der Waals surface area contributed by atoms with Gasteiger partial charge in [-0.05, 0) is 22.4 Å². The molecule has 0 aromatic heterocycles. The van der Waals surface area contributed by atoms with Gasteiger partial charge in [-0.1, -0.05) is 97.1 Å². The van der Waals surface area contributed by atoms with Gasteiger partial charge in [-0.15, -0.1) is 6.58 Å². The number of rotatable bonds is 7. The topological polar surface area (TPSA) is 9.23 Å². The van der Waals surface area contributed by atoms with Crippen LogP contribution < -0.4 is 10.4 Å². The maximum absolute atomic E-state index is 6.68. The second-order valence-corrected chi connectivity index (χ2v) is 17.7. The molecule has 0 amide bonds. The van der Waals surface area contributed by atoms with E-state index in [1.54, 1.807) is 0 Å². The molecular weight excluding hydrogens is 463 g/mol.